The number of benzene rings is 3. The summed E-state index contributed by atoms with van der Waals surface area (Å²) in [5.41, 5.74) is 1.89. The first-order chi connectivity index (χ1) is 15.5. The third kappa shape index (κ3) is 4.09. The minimum absolute atomic E-state index is 0.459. The number of hydrogen-bond acceptors (Lipinski definition) is 6. The van der Waals surface area contributed by atoms with Crippen LogP contribution in [-0.2, 0) is 14.3 Å². The van der Waals surface area contributed by atoms with E-state index in [0.29, 0.717) is 39.8 Å². The third-order valence-corrected chi connectivity index (χ3v) is 5.23. The molecule has 3 aromatic rings. The lowest BCUT2D eigenvalue weighted by Gasteiger charge is -2.27. The Morgan fingerprint density at radius 2 is 1.47 bits per heavy atom. The van der Waals surface area contributed by atoms with Crippen molar-refractivity contribution in [1.82, 2.24) is 0 Å². The number of carbonyl (C=O) groups excluding carboxylic acids is 2. The van der Waals surface area contributed by atoms with E-state index < -0.39 is 23.9 Å². The van der Waals surface area contributed by atoms with Crippen LogP contribution >= 0.6 is 0 Å². The van der Waals surface area contributed by atoms with Crippen LogP contribution in [0.1, 0.15) is 24.0 Å². The smallest absolute Gasteiger partial charge is 0.318 e. The van der Waals surface area contributed by atoms with Crippen LogP contribution in [0.4, 0.5) is 5.69 Å². The summed E-state index contributed by atoms with van der Waals surface area (Å²) >= 11 is 0. The van der Waals surface area contributed by atoms with Gasteiger partial charge in [-0.1, -0.05) is 36.4 Å². The Labute approximate surface area is 185 Å². The second-order valence-corrected chi connectivity index (χ2v) is 7.25. The van der Waals surface area contributed by atoms with Crippen molar-refractivity contribution in [3.05, 3.63) is 77.9 Å². The average molecular weight is 433 g/mol. The maximum atomic E-state index is 13.2. The summed E-state index contributed by atoms with van der Waals surface area (Å²) in [5, 5.41) is 2.74. The molecule has 0 bridgehead atoms. The number of rotatable bonds is 6. The number of hydrogen-bond donors (Lipinski definition) is 1. The normalized spacial score (nSPS) is 13.1. The fraction of sp³-hybridized carbons (Fsp3) is 0.200. The number of anilines is 1. The van der Waals surface area contributed by atoms with Gasteiger partial charge < -0.3 is 24.3 Å². The van der Waals surface area contributed by atoms with Crippen LogP contribution in [0, 0.1) is 0 Å². The zero-order valence-electron chi connectivity index (χ0n) is 18.0. The van der Waals surface area contributed by atoms with Gasteiger partial charge in [0.05, 0.1) is 14.2 Å². The number of ether oxygens (including phenoxy) is 4. The molecule has 1 aliphatic rings. The van der Waals surface area contributed by atoms with E-state index in [0.717, 1.165) is 0 Å². The van der Waals surface area contributed by atoms with Gasteiger partial charge in [0.2, 0.25) is 0 Å². The number of fused-ring (bicyclic) bond motifs is 2. The van der Waals surface area contributed by atoms with E-state index in [9.17, 15) is 9.59 Å². The highest BCUT2D eigenvalue weighted by atomic mass is 16.5. The number of carbonyl (C=O) groups is 2. The van der Waals surface area contributed by atoms with Crippen LogP contribution in [0.25, 0.3) is 0 Å². The SMILES string of the molecule is COc1ccc(NC(=O)C(C)OC(=O)C2c3ccccc3Oc3ccccc32)cc1OC. The van der Waals surface area contributed by atoms with Crippen molar-refractivity contribution in [3.63, 3.8) is 0 Å². The van der Waals surface area contributed by atoms with Crippen molar-refractivity contribution in [1.29, 1.82) is 0 Å². The molecule has 0 aliphatic carbocycles. The largest absolute Gasteiger partial charge is 0.493 e. The second-order valence-electron chi connectivity index (χ2n) is 7.25. The quantitative estimate of drug-likeness (QED) is 0.576. The van der Waals surface area contributed by atoms with E-state index in [-0.39, 0.29) is 0 Å². The molecule has 0 radical (unpaired) electrons. The highest BCUT2D eigenvalue weighted by Gasteiger charge is 2.35. The second kappa shape index (κ2) is 9.01. The molecule has 7 nitrogen and oxygen atoms in total. The average Bonchev–Trinajstić information content (AvgIpc) is 2.82. The lowest BCUT2D eigenvalue weighted by molar-refractivity contribution is -0.153. The molecule has 1 atom stereocenters. The summed E-state index contributed by atoms with van der Waals surface area (Å²) in [5.74, 6) is 0.535. The molecule has 4 rings (SSSR count). The Bertz CT molecular complexity index is 1110. The Kier molecular flexibility index (Phi) is 5.98. The predicted molar refractivity (Wildman–Crippen MR) is 119 cm³/mol. The van der Waals surface area contributed by atoms with Gasteiger partial charge in [0, 0.05) is 22.9 Å². The number of amides is 1. The highest BCUT2D eigenvalue weighted by Crippen LogP contribution is 2.44. The van der Waals surface area contributed by atoms with Crippen molar-refractivity contribution < 1.29 is 28.5 Å². The summed E-state index contributed by atoms with van der Waals surface area (Å²) in [4.78, 5) is 25.9. The molecular weight excluding hydrogens is 410 g/mol. The molecule has 1 unspecified atom stereocenters. The van der Waals surface area contributed by atoms with Gasteiger partial charge in [-0.05, 0) is 31.2 Å². The first-order valence-electron chi connectivity index (χ1n) is 10.1. The van der Waals surface area contributed by atoms with Crippen LogP contribution in [0.5, 0.6) is 23.0 Å². The van der Waals surface area contributed by atoms with Gasteiger partial charge in [0.1, 0.15) is 17.4 Å². The van der Waals surface area contributed by atoms with E-state index in [1.807, 2.05) is 36.4 Å². The molecule has 1 amide bonds. The van der Waals surface area contributed by atoms with Gasteiger partial charge in [-0.25, -0.2) is 0 Å². The van der Waals surface area contributed by atoms with E-state index >= 15 is 0 Å². The summed E-state index contributed by atoms with van der Waals surface area (Å²) in [6, 6.07) is 19.6. The van der Waals surface area contributed by atoms with E-state index in [1.165, 1.54) is 21.1 Å². The standard InChI is InChI=1S/C25H23NO6/c1-15(24(27)26-16-12-13-21(29-2)22(14-16)30-3)31-25(28)23-17-8-4-6-10-19(17)32-20-11-7-5-9-18(20)23/h4-15,23H,1-3H3,(H,26,27). The molecule has 0 spiro atoms. The fourth-order valence-electron chi connectivity index (χ4n) is 3.62. The van der Waals surface area contributed by atoms with Crippen molar-refractivity contribution in [2.24, 2.45) is 0 Å². The van der Waals surface area contributed by atoms with Gasteiger partial charge in [0.25, 0.3) is 5.91 Å². The molecule has 0 aromatic heterocycles. The summed E-state index contributed by atoms with van der Waals surface area (Å²) in [6.07, 6.45) is -1.02. The van der Waals surface area contributed by atoms with E-state index in [1.54, 1.807) is 30.3 Å². The molecule has 1 aliphatic heterocycles. The summed E-state index contributed by atoms with van der Waals surface area (Å²) in [6.45, 7) is 1.53. The molecule has 164 valence electrons. The Balaban J connectivity index is 1.51. The van der Waals surface area contributed by atoms with Crippen LogP contribution in [0.2, 0.25) is 0 Å². The minimum atomic E-state index is -1.02. The molecule has 32 heavy (non-hydrogen) atoms. The molecule has 7 heteroatoms. The van der Waals surface area contributed by atoms with Crippen molar-refractivity contribution in [3.8, 4) is 23.0 Å². The van der Waals surface area contributed by atoms with E-state index in [4.69, 9.17) is 18.9 Å². The maximum Gasteiger partial charge on any atom is 0.318 e. The van der Waals surface area contributed by atoms with Gasteiger partial charge in [-0.3, -0.25) is 9.59 Å². The third-order valence-electron chi connectivity index (χ3n) is 5.23. The predicted octanol–water partition coefficient (Wildman–Crippen LogP) is 4.51. The summed E-state index contributed by atoms with van der Waals surface area (Å²) in [7, 11) is 3.04. The molecular formula is C25H23NO6. The van der Waals surface area contributed by atoms with Crippen LogP contribution < -0.4 is 19.5 Å². The molecule has 3 aromatic carbocycles. The minimum Gasteiger partial charge on any atom is -0.493 e. The zero-order valence-corrected chi connectivity index (χ0v) is 18.0. The Morgan fingerprint density at radius 3 is 2.06 bits per heavy atom. The van der Waals surface area contributed by atoms with Crippen LogP contribution in [0.3, 0.4) is 0 Å². The van der Waals surface area contributed by atoms with Gasteiger partial charge >= 0.3 is 5.97 Å². The van der Waals surface area contributed by atoms with Crippen molar-refractivity contribution in [2.45, 2.75) is 18.9 Å². The van der Waals surface area contributed by atoms with Crippen molar-refractivity contribution >= 4 is 17.6 Å². The molecule has 0 saturated carbocycles. The zero-order chi connectivity index (χ0) is 22.7. The molecule has 0 fully saturated rings. The lowest BCUT2D eigenvalue weighted by atomic mass is 9.88. The lowest BCUT2D eigenvalue weighted by Crippen LogP contribution is -2.32. The topological polar surface area (TPSA) is 83.1 Å². The van der Waals surface area contributed by atoms with Gasteiger partial charge in [-0.15, -0.1) is 0 Å². The first kappa shape index (κ1) is 21.2. The number of esters is 1. The molecule has 1 N–H and O–H groups in total. The number of nitrogens with one attached hydrogen (secondary N) is 1. The number of para-hydroxylation sites is 2. The van der Waals surface area contributed by atoms with E-state index in [2.05, 4.69) is 5.32 Å². The monoisotopic (exact) mass is 433 g/mol. The van der Waals surface area contributed by atoms with Crippen LogP contribution in [0.15, 0.2) is 66.7 Å². The Morgan fingerprint density at radius 1 is 0.875 bits per heavy atom. The maximum absolute atomic E-state index is 13.2. The van der Waals surface area contributed by atoms with Crippen molar-refractivity contribution in [2.75, 3.05) is 19.5 Å². The highest BCUT2D eigenvalue weighted by molar-refractivity contribution is 5.96. The Hall–Kier alpha value is -4.00. The fourth-order valence-corrected chi connectivity index (χ4v) is 3.62. The molecule has 0 saturated heterocycles. The van der Waals surface area contributed by atoms with Crippen LogP contribution in [-0.4, -0.2) is 32.2 Å². The van der Waals surface area contributed by atoms with Gasteiger partial charge in [-0.2, -0.15) is 0 Å². The first-order valence-corrected chi connectivity index (χ1v) is 10.1. The number of methoxy groups -OCH3 is 2. The summed E-state index contributed by atoms with van der Waals surface area (Å²) < 4.78 is 22.0. The molecule has 1 heterocycles. The van der Waals surface area contributed by atoms with Gasteiger partial charge in [0.15, 0.2) is 17.6 Å².